The molecule has 1 saturated heterocycles. The number of carbonyl (C=O) groups excluding carboxylic acids is 1. The van der Waals surface area contributed by atoms with Crippen molar-refractivity contribution in [3.8, 4) is 0 Å². The zero-order valence-electron chi connectivity index (χ0n) is 10.6. The smallest absolute Gasteiger partial charge is 0.240 e. The maximum atomic E-state index is 12.2. The standard InChI is InChI=1S/C12H24N2O/c1-9-6-7-14(12(2,3)4)11(15)10(8-9)13-5/h9-10,13H,6-8H2,1-5H3. The molecule has 0 aromatic carbocycles. The summed E-state index contributed by atoms with van der Waals surface area (Å²) in [5.74, 6) is 0.883. The first-order valence-corrected chi connectivity index (χ1v) is 5.85. The van der Waals surface area contributed by atoms with E-state index in [2.05, 4.69) is 33.0 Å². The Morgan fingerprint density at radius 2 is 2.00 bits per heavy atom. The van der Waals surface area contributed by atoms with E-state index in [1.807, 2.05) is 11.9 Å². The van der Waals surface area contributed by atoms with Crippen molar-refractivity contribution in [1.82, 2.24) is 10.2 Å². The van der Waals surface area contributed by atoms with Crippen molar-refractivity contribution in [3.63, 3.8) is 0 Å². The Morgan fingerprint density at radius 3 is 2.47 bits per heavy atom. The van der Waals surface area contributed by atoms with Gasteiger partial charge in [-0.1, -0.05) is 6.92 Å². The molecule has 0 aromatic rings. The van der Waals surface area contributed by atoms with Crippen LogP contribution in [-0.2, 0) is 4.79 Å². The summed E-state index contributed by atoms with van der Waals surface area (Å²) < 4.78 is 0. The van der Waals surface area contributed by atoms with Crippen LogP contribution in [0.2, 0.25) is 0 Å². The third-order valence-corrected chi connectivity index (χ3v) is 3.21. The molecule has 1 aliphatic rings. The fourth-order valence-corrected chi connectivity index (χ4v) is 2.18. The molecule has 15 heavy (non-hydrogen) atoms. The van der Waals surface area contributed by atoms with Crippen molar-refractivity contribution in [2.24, 2.45) is 5.92 Å². The molecule has 1 fully saturated rings. The highest BCUT2D eigenvalue weighted by Gasteiger charge is 2.34. The van der Waals surface area contributed by atoms with Gasteiger partial charge < -0.3 is 10.2 Å². The number of likely N-dealkylation sites (N-methyl/N-ethyl adjacent to an activating group) is 1. The van der Waals surface area contributed by atoms with E-state index < -0.39 is 0 Å². The molecule has 0 spiro atoms. The first-order chi connectivity index (χ1) is 6.86. The van der Waals surface area contributed by atoms with Crippen molar-refractivity contribution in [1.29, 1.82) is 0 Å². The Kier molecular flexibility index (Phi) is 3.77. The van der Waals surface area contributed by atoms with Gasteiger partial charge in [0.1, 0.15) is 0 Å². The van der Waals surface area contributed by atoms with Crippen LogP contribution in [0.3, 0.4) is 0 Å². The lowest BCUT2D eigenvalue weighted by molar-refractivity contribution is -0.137. The summed E-state index contributed by atoms with van der Waals surface area (Å²) >= 11 is 0. The molecule has 1 N–H and O–H groups in total. The summed E-state index contributed by atoms with van der Waals surface area (Å²) in [6.07, 6.45) is 2.07. The van der Waals surface area contributed by atoms with Crippen LogP contribution in [0.4, 0.5) is 0 Å². The molecule has 1 heterocycles. The fourth-order valence-electron chi connectivity index (χ4n) is 2.18. The maximum Gasteiger partial charge on any atom is 0.240 e. The van der Waals surface area contributed by atoms with Gasteiger partial charge in [0.2, 0.25) is 5.91 Å². The molecule has 88 valence electrons. The second kappa shape index (κ2) is 4.52. The monoisotopic (exact) mass is 212 g/mol. The molecule has 3 heteroatoms. The van der Waals surface area contributed by atoms with Crippen LogP contribution >= 0.6 is 0 Å². The molecule has 0 bridgehead atoms. The molecule has 0 aliphatic carbocycles. The molecule has 1 amide bonds. The molecule has 0 aromatic heterocycles. The average molecular weight is 212 g/mol. The van der Waals surface area contributed by atoms with E-state index in [0.29, 0.717) is 5.92 Å². The number of hydrogen-bond acceptors (Lipinski definition) is 2. The van der Waals surface area contributed by atoms with E-state index >= 15 is 0 Å². The van der Waals surface area contributed by atoms with Crippen molar-refractivity contribution in [2.45, 2.75) is 52.1 Å². The zero-order valence-corrected chi connectivity index (χ0v) is 10.6. The maximum absolute atomic E-state index is 12.2. The number of nitrogens with one attached hydrogen (secondary N) is 1. The molecule has 3 nitrogen and oxygen atoms in total. The minimum atomic E-state index is -0.0593. The molecule has 1 aliphatic heterocycles. The topological polar surface area (TPSA) is 32.3 Å². The third kappa shape index (κ3) is 2.94. The zero-order chi connectivity index (χ0) is 11.6. The molecular weight excluding hydrogens is 188 g/mol. The number of nitrogens with zero attached hydrogens (tertiary/aromatic N) is 1. The van der Waals surface area contributed by atoms with E-state index in [9.17, 15) is 4.79 Å². The van der Waals surface area contributed by atoms with Crippen LogP contribution in [-0.4, -0.2) is 36.0 Å². The Balaban J connectivity index is 2.85. The average Bonchev–Trinajstić information content (AvgIpc) is 2.24. The SMILES string of the molecule is CNC1CC(C)CCN(C(C)(C)C)C1=O. The lowest BCUT2D eigenvalue weighted by atomic mass is 10.0. The van der Waals surface area contributed by atoms with Gasteiger partial charge in [-0.2, -0.15) is 0 Å². The quantitative estimate of drug-likeness (QED) is 0.716. The Bertz CT molecular complexity index is 232. The third-order valence-electron chi connectivity index (χ3n) is 3.21. The van der Waals surface area contributed by atoms with Crippen LogP contribution in [0, 0.1) is 5.92 Å². The Labute approximate surface area is 93.2 Å². The van der Waals surface area contributed by atoms with E-state index in [4.69, 9.17) is 0 Å². The van der Waals surface area contributed by atoms with Gasteiger partial charge in [-0.25, -0.2) is 0 Å². The van der Waals surface area contributed by atoms with Crippen LogP contribution < -0.4 is 5.32 Å². The molecule has 0 radical (unpaired) electrons. The lowest BCUT2D eigenvalue weighted by Gasteiger charge is -2.36. The molecular formula is C12H24N2O. The Morgan fingerprint density at radius 1 is 1.40 bits per heavy atom. The highest BCUT2D eigenvalue weighted by atomic mass is 16.2. The summed E-state index contributed by atoms with van der Waals surface area (Å²) in [6, 6.07) is 0.00160. The van der Waals surface area contributed by atoms with Crippen LogP contribution in [0.5, 0.6) is 0 Å². The van der Waals surface area contributed by atoms with Crippen molar-refractivity contribution < 1.29 is 4.79 Å². The minimum absolute atomic E-state index is 0.00160. The predicted octanol–water partition coefficient (Wildman–Crippen LogP) is 1.63. The van der Waals surface area contributed by atoms with Crippen LogP contribution in [0.1, 0.15) is 40.5 Å². The molecule has 2 unspecified atom stereocenters. The first kappa shape index (κ1) is 12.5. The van der Waals surface area contributed by atoms with Crippen molar-refractivity contribution >= 4 is 5.91 Å². The number of amides is 1. The summed E-state index contributed by atoms with van der Waals surface area (Å²) in [4.78, 5) is 14.2. The number of hydrogen-bond donors (Lipinski definition) is 1. The van der Waals surface area contributed by atoms with E-state index in [1.165, 1.54) is 0 Å². The summed E-state index contributed by atoms with van der Waals surface area (Å²) in [7, 11) is 1.88. The number of likely N-dealkylation sites (tertiary alicyclic amines) is 1. The molecule has 1 rings (SSSR count). The van der Waals surface area contributed by atoms with Crippen molar-refractivity contribution in [3.05, 3.63) is 0 Å². The van der Waals surface area contributed by atoms with Gasteiger partial charge in [0, 0.05) is 12.1 Å². The van der Waals surface area contributed by atoms with E-state index in [0.717, 1.165) is 19.4 Å². The second-order valence-corrected chi connectivity index (χ2v) is 5.63. The van der Waals surface area contributed by atoms with E-state index in [-0.39, 0.29) is 17.5 Å². The van der Waals surface area contributed by atoms with Gasteiger partial charge in [0.25, 0.3) is 0 Å². The normalized spacial score (nSPS) is 29.1. The number of rotatable bonds is 1. The van der Waals surface area contributed by atoms with Gasteiger partial charge in [-0.15, -0.1) is 0 Å². The summed E-state index contributed by atoms with van der Waals surface area (Å²) in [5.41, 5.74) is -0.0593. The lowest BCUT2D eigenvalue weighted by Crippen LogP contribution is -2.52. The van der Waals surface area contributed by atoms with Crippen LogP contribution in [0.15, 0.2) is 0 Å². The Hall–Kier alpha value is -0.570. The predicted molar refractivity (Wildman–Crippen MR) is 62.7 cm³/mol. The highest BCUT2D eigenvalue weighted by molar-refractivity contribution is 5.82. The largest absolute Gasteiger partial charge is 0.336 e. The summed E-state index contributed by atoms with van der Waals surface area (Å²) in [6.45, 7) is 9.43. The first-order valence-electron chi connectivity index (χ1n) is 5.85. The van der Waals surface area contributed by atoms with Gasteiger partial charge in [-0.05, 0) is 46.6 Å². The molecule has 2 atom stereocenters. The van der Waals surface area contributed by atoms with Crippen LogP contribution in [0.25, 0.3) is 0 Å². The van der Waals surface area contributed by atoms with E-state index in [1.54, 1.807) is 0 Å². The molecule has 0 saturated carbocycles. The summed E-state index contributed by atoms with van der Waals surface area (Å²) in [5, 5.41) is 3.13. The van der Waals surface area contributed by atoms with Crippen molar-refractivity contribution in [2.75, 3.05) is 13.6 Å². The number of carbonyl (C=O) groups is 1. The van der Waals surface area contributed by atoms with Gasteiger partial charge in [0.15, 0.2) is 0 Å². The highest BCUT2D eigenvalue weighted by Crippen LogP contribution is 2.23. The fraction of sp³-hybridized carbons (Fsp3) is 0.917. The minimum Gasteiger partial charge on any atom is -0.336 e. The van der Waals surface area contributed by atoms with Gasteiger partial charge in [-0.3, -0.25) is 4.79 Å². The van der Waals surface area contributed by atoms with Gasteiger partial charge >= 0.3 is 0 Å². The second-order valence-electron chi connectivity index (χ2n) is 5.63. The van der Waals surface area contributed by atoms with Gasteiger partial charge in [0.05, 0.1) is 6.04 Å².